The minimum absolute atomic E-state index is 0. The first-order chi connectivity index (χ1) is 11.3. The van der Waals surface area contributed by atoms with Crippen LogP contribution in [-0.2, 0) is 4.74 Å². The fourth-order valence-electron chi connectivity index (χ4n) is 2.42. The quantitative estimate of drug-likeness (QED) is 0.605. The number of morpholine rings is 1. The number of hydrogen-bond acceptors (Lipinski definition) is 8. The molecule has 0 bridgehead atoms. The topological polar surface area (TPSA) is 107 Å². The van der Waals surface area contributed by atoms with Gasteiger partial charge in [0.2, 0.25) is 5.88 Å². The van der Waals surface area contributed by atoms with Crippen molar-refractivity contribution in [2.45, 2.75) is 0 Å². The molecular formula is C13H15KN8O2. The fraction of sp³-hybridized carbons (Fsp3) is 0.308. The van der Waals surface area contributed by atoms with Crippen molar-refractivity contribution in [1.29, 1.82) is 0 Å². The molecule has 11 heteroatoms. The van der Waals surface area contributed by atoms with E-state index in [2.05, 4.69) is 30.3 Å². The second-order valence-corrected chi connectivity index (χ2v) is 4.95. The van der Waals surface area contributed by atoms with Crippen LogP contribution in [0.3, 0.4) is 0 Å². The predicted molar refractivity (Wildman–Crippen MR) is 85.9 cm³/mol. The monoisotopic (exact) mass is 354 g/mol. The number of nitrogens with zero attached hydrogens (tertiary/aromatic N) is 8. The Kier molecular flexibility index (Phi) is 5.58. The molecule has 3 aromatic heterocycles. The predicted octanol–water partition coefficient (Wildman–Crippen LogP) is -0.863. The summed E-state index contributed by atoms with van der Waals surface area (Å²) in [7, 11) is 0. The summed E-state index contributed by atoms with van der Waals surface area (Å²) in [5.41, 5.74) is 0.425. The van der Waals surface area contributed by atoms with Crippen LogP contribution in [0.2, 0.25) is 0 Å². The third-order valence-corrected chi connectivity index (χ3v) is 3.58. The maximum atomic E-state index is 10.4. The molecule has 10 nitrogen and oxygen atoms in total. The molecule has 0 aromatic carbocycles. The molecule has 0 amide bonds. The van der Waals surface area contributed by atoms with E-state index in [1.165, 1.54) is 28.1 Å². The molecule has 0 saturated carbocycles. The molecule has 1 fully saturated rings. The minimum atomic E-state index is -0.0675. The van der Waals surface area contributed by atoms with E-state index in [1.807, 2.05) is 0 Å². The zero-order valence-corrected chi connectivity index (χ0v) is 12.1. The Morgan fingerprint density at radius 2 is 1.92 bits per heavy atom. The van der Waals surface area contributed by atoms with Gasteiger partial charge in [-0.25, -0.2) is 14.6 Å². The zero-order valence-electron chi connectivity index (χ0n) is 12.1. The van der Waals surface area contributed by atoms with Crippen molar-refractivity contribution < 1.29 is 9.84 Å². The maximum absolute atomic E-state index is 10.4. The van der Waals surface area contributed by atoms with Gasteiger partial charge in [-0.15, -0.1) is 5.10 Å². The normalized spacial score (nSPS) is 14.4. The Bertz CT molecular complexity index is 800. The molecule has 4 heterocycles. The first kappa shape index (κ1) is 17.4. The van der Waals surface area contributed by atoms with E-state index in [0.717, 1.165) is 18.9 Å². The van der Waals surface area contributed by atoms with Crippen LogP contribution in [0.4, 0.5) is 5.82 Å². The van der Waals surface area contributed by atoms with Gasteiger partial charge >= 0.3 is 51.4 Å². The third-order valence-electron chi connectivity index (χ3n) is 3.58. The Labute approximate surface area is 179 Å². The summed E-state index contributed by atoms with van der Waals surface area (Å²) in [5, 5.41) is 22.1. The third kappa shape index (κ3) is 3.36. The summed E-state index contributed by atoms with van der Waals surface area (Å²) in [6.45, 7) is 2.88. The van der Waals surface area contributed by atoms with E-state index in [0.29, 0.717) is 24.7 Å². The SMILES string of the molecule is Oc1c(-n2ccnn2)cnn1-c1cc(N2CCOCC2)ncn1.[KH]. The number of rotatable bonds is 3. The van der Waals surface area contributed by atoms with Crippen LogP contribution in [-0.4, -0.2) is 118 Å². The van der Waals surface area contributed by atoms with E-state index < -0.39 is 0 Å². The van der Waals surface area contributed by atoms with Gasteiger partial charge in [0, 0.05) is 19.2 Å². The van der Waals surface area contributed by atoms with Crippen LogP contribution in [0.25, 0.3) is 11.5 Å². The van der Waals surface area contributed by atoms with E-state index in [9.17, 15) is 5.11 Å². The van der Waals surface area contributed by atoms with Crippen LogP contribution < -0.4 is 4.90 Å². The van der Waals surface area contributed by atoms with Gasteiger partial charge in [-0.05, 0) is 0 Å². The summed E-state index contributed by atoms with van der Waals surface area (Å²) in [4.78, 5) is 10.6. The Hall–Kier alpha value is -1.37. The summed E-state index contributed by atoms with van der Waals surface area (Å²) in [5.74, 6) is 1.18. The van der Waals surface area contributed by atoms with Crippen molar-refractivity contribution in [2.24, 2.45) is 0 Å². The van der Waals surface area contributed by atoms with Crippen molar-refractivity contribution in [1.82, 2.24) is 34.7 Å². The van der Waals surface area contributed by atoms with E-state index in [-0.39, 0.29) is 57.3 Å². The van der Waals surface area contributed by atoms with Gasteiger partial charge in [0.15, 0.2) is 5.82 Å². The molecule has 1 saturated heterocycles. The van der Waals surface area contributed by atoms with E-state index in [1.54, 1.807) is 12.3 Å². The van der Waals surface area contributed by atoms with Gasteiger partial charge in [0.25, 0.3) is 0 Å². The average Bonchev–Trinajstić information content (AvgIpc) is 3.25. The fourth-order valence-corrected chi connectivity index (χ4v) is 2.42. The van der Waals surface area contributed by atoms with Crippen molar-refractivity contribution in [3.8, 4) is 17.4 Å². The second kappa shape index (κ2) is 7.67. The van der Waals surface area contributed by atoms with Gasteiger partial charge in [0.1, 0.15) is 17.8 Å². The molecule has 1 N–H and O–H groups in total. The number of ether oxygens (including phenoxy) is 1. The molecule has 120 valence electrons. The summed E-state index contributed by atoms with van der Waals surface area (Å²) in [6, 6.07) is 1.78. The number of anilines is 1. The van der Waals surface area contributed by atoms with Crippen molar-refractivity contribution in [2.75, 3.05) is 31.2 Å². The van der Waals surface area contributed by atoms with Crippen LogP contribution in [0.1, 0.15) is 0 Å². The van der Waals surface area contributed by atoms with Crippen molar-refractivity contribution in [3.05, 3.63) is 31.0 Å². The molecule has 1 aliphatic heterocycles. The van der Waals surface area contributed by atoms with E-state index >= 15 is 0 Å². The molecule has 1 aliphatic rings. The Balaban J connectivity index is 0.00000169. The Morgan fingerprint density at radius 1 is 1.12 bits per heavy atom. The van der Waals surface area contributed by atoms with Crippen molar-refractivity contribution in [3.63, 3.8) is 0 Å². The first-order valence-corrected chi connectivity index (χ1v) is 7.12. The van der Waals surface area contributed by atoms with Gasteiger partial charge in [0.05, 0.1) is 31.8 Å². The zero-order chi connectivity index (χ0) is 15.6. The molecule has 0 atom stereocenters. The standard InChI is InChI=1S/C13H14N8O2.K.H/c22-13-10(20-2-1-16-18-20)8-17-21(13)12-7-11(14-9-15-12)19-3-5-23-6-4-19;;/h1-2,7-9,22H,3-6H2;;. The molecule has 3 aromatic rings. The molecule has 0 aliphatic carbocycles. The van der Waals surface area contributed by atoms with Crippen LogP contribution in [0.15, 0.2) is 31.0 Å². The molecule has 24 heavy (non-hydrogen) atoms. The van der Waals surface area contributed by atoms with Gasteiger partial charge in [-0.3, -0.25) is 0 Å². The number of hydrogen-bond donors (Lipinski definition) is 1. The molecule has 0 radical (unpaired) electrons. The van der Waals surface area contributed by atoms with Crippen LogP contribution in [0.5, 0.6) is 5.88 Å². The molecule has 0 spiro atoms. The Morgan fingerprint density at radius 3 is 2.67 bits per heavy atom. The van der Waals surface area contributed by atoms with E-state index in [4.69, 9.17) is 4.74 Å². The average molecular weight is 354 g/mol. The van der Waals surface area contributed by atoms with Crippen LogP contribution >= 0.6 is 0 Å². The number of aromatic nitrogens is 7. The molecular weight excluding hydrogens is 339 g/mol. The van der Waals surface area contributed by atoms with Crippen molar-refractivity contribution >= 4 is 57.2 Å². The molecule has 0 unspecified atom stereocenters. The summed E-state index contributed by atoms with van der Waals surface area (Å²) >= 11 is 0. The molecule has 4 rings (SSSR count). The second-order valence-electron chi connectivity index (χ2n) is 4.95. The summed E-state index contributed by atoms with van der Waals surface area (Å²) < 4.78 is 8.11. The van der Waals surface area contributed by atoms with Gasteiger partial charge < -0.3 is 14.7 Å². The summed E-state index contributed by atoms with van der Waals surface area (Å²) in [6.07, 6.45) is 6.11. The van der Waals surface area contributed by atoms with Gasteiger partial charge in [-0.1, -0.05) is 5.21 Å². The van der Waals surface area contributed by atoms with Crippen LogP contribution in [0, 0.1) is 0 Å². The van der Waals surface area contributed by atoms with Gasteiger partial charge in [-0.2, -0.15) is 9.78 Å². The number of aromatic hydroxyl groups is 1. The first-order valence-electron chi connectivity index (χ1n) is 7.12.